The number of aromatic amines is 1. The Labute approximate surface area is 64.4 Å². The molecule has 62 valence electrons. The van der Waals surface area contributed by atoms with E-state index in [1.165, 1.54) is 6.33 Å². The van der Waals surface area contributed by atoms with Gasteiger partial charge in [0.05, 0.1) is 0 Å². The number of hydrogen-bond donors (Lipinski definition) is 2. The van der Waals surface area contributed by atoms with Crippen LogP contribution < -0.4 is 11.0 Å². The topological polar surface area (TPSA) is 62.7 Å². The molecule has 2 N–H and O–H groups in total. The molecular formula is C6H12N4O. The molecule has 0 unspecified atom stereocenters. The van der Waals surface area contributed by atoms with Crippen LogP contribution in [0.4, 0.5) is 0 Å². The fraction of sp³-hybridized carbons (Fsp3) is 0.667. The number of aromatic nitrogens is 3. The average molecular weight is 156 g/mol. The summed E-state index contributed by atoms with van der Waals surface area (Å²) in [7, 11) is 1.89. The van der Waals surface area contributed by atoms with Crippen LogP contribution in [-0.4, -0.2) is 28.4 Å². The Hall–Kier alpha value is -1.10. The Kier molecular flexibility index (Phi) is 2.85. The van der Waals surface area contributed by atoms with E-state index in [9.17, 15) is 4.79 Å². The minimum atomic E-state index is -0.138. The van der Waals surface area contributed by atoms with Crippen LogP contribution in [0, 0.1) is 0 Å². The highest BCUT2D eigenvalue weighted by atomic mass is 16.1. The second kappa shape index (κ2) is 3.92. The van der Waals surface area contributed by atoms with Crippen molar-refractivity contribution in [3.05, 3.63) is 16.8 Å². The van der Waals surface area contributed by atoms with E-state index in [1.807, 2.05) is 7.05 Å². The molecule has 1 rings (SSSR count). The van der Waals surface area contributed by atoms with Gasteiger partial charge in [-0.1, -0.05) is 0 Å². The molecule has 0 aliphatic rings. The quantitative estimate of drug-likeness (QED) is 0.560. The van der Waals surface area contributed by atoms with E-state index in [-0.39, 0.29) is 5.69 Å². The van der Waals surface area contributed by atoms with Crippen LogP contribution in [0.1, 0.15) is 6.42 Å². The monoisotopic (exact) mass is 156 g/mol. The van der Waals surface area contributed by atoms with E-state index >= 15 is 0 Å². The van der Waals surface area contributed by atoms with Gasteiger partial charge in [-0.15, -0.1) is 0 Å². The molecule has 1 heterocycles. The molecule has 0 saturated heterocycles. The molecule has 0 radical (unpaired) electrons. The molecule has 0 aliphatic carbocycles. The van der Waals surface area contributed by atoms with Crippen molar-refractivity contribution in [1.29, 1.82) is 0 Å². The highest BCUT2D eigenvalue weighted by Crippen LogP contribution is 1.81. The lowest BCUT2D eigenvalue weighted by molar-refractivity contribution is 0.598. The third-order valence-electron chi connectivity index (χ3n) is 1.44. The zero-order chi connectivity index (χ0) is 8.10. The molecule has 0 amide bonds. The summed E-state index contributed by atoms with van der Waals surface area (Å²) in [6.07, 6.45) is 2.45. The Morgan fingerprint density at radius 1 is 1.82 bits per heavy atom. The standard InChI is InChI=1S/C6H12N4O/c1-7-3-2-4-10-5-8-9-6(10)11/h5,7H,2-4H2,1H3,(H,9,11). The summed E-state index contributed by atoms with van der Waals surface area (Å²) in [4.78, 5) is 10.8. The lowest BCUT2D eigenvalue weighted by Crippen LogP contribution is -2.19. The third-order valence-corrected chi connectivity index (χ3v) is 1.44. The van der Waals surface area contributed by atoms with E-state index in [1.54, 1.807) is 4.57 Å². The third kappa shape index (κ3) is 2.19. The molecule has 0 saturated carbocycles. The molecule has 0 atom stereocenters. The zero-order valence-corrected chi connectivity index (χ0v) is 6.50. The maximum atomic E-state index is 10.8. The summed E-state index contributed by atoms with van der Waals surface area (Å²) in [5.41, 5.74) is -0.138. The Bertz CT molecular complexity index is 251. The van der Waals surface area contributed by atoms with Gasteiger partial charge in [0, 0.05) is 6.54 Å². The summed E-state index contributed by atoms with van der Waals surface area (Å²) >= 11 is 0. The normalized spacial score (nSPS) is 10.3. The van der Waals surface area contributed by atoms with Gasteiger partial charge in [-0.2, -0.15) is 5.10 Å². The minimum Gasteiger partial charge on any atom is -0.320 e. The predicted molar refractivity (Wildman–Crippen MR) is 41.4 cm³/mol. The molecule has 11 heavy (non-hydrogen) atoms. The van der Waals surface area contributed by atoms with Gasteiger partial charge in [-0.3, -0.25) is 4.57 Å². The Balaban J connectivity index is 2.39. The van der Waals surface area contributed by atoms with Crippen molar-refractivity contribution in [2.24, 2.45) is 0 Å². The van der Waals surface area contributed by atoms with Gasteiger partial charge in [0.1, 0.15) is 6.33 Å². The molecule has 5 nitrogen and oxygen atoms in total. The van der Waals surface area contributed by atoms with Gasteiger partial charge >= 0.3 is 5.69 Å². The summed E-state index contributed by atoms with van der Waals surface area (Å²) in [6, 6.07) is 0. The van der Waals surface area contributed by atoms with Crippen LogP contribution in [0.3, 0.4) is 0 Å². The zero-order valence-electron chi connectivity index (χ0n) is 6.50. The summed E-state index contributed by atoms with van der Waals surface area (Å²) in [6.45, 7) is 1.63. The van der Waals surface area contributed by atoms with Crippen molar-refractivity contribution in [2.45, 2.75) is 13.0 Å². The second-order valence-corrected chi connectivity index (χ2v) is 2.31. The molecule has 1 aromatic heterocycles. The van der Waals surface area contributed by atoms with Crippen molar-refractivity contribution in [2.75, 3.05) is 13.6 Å². The lowest BCUT2D eigenvalue weighted by atomic mass is 10.4. The minimum absolute atomic E-state index is 0.138. The predicted octanol–water partition coefficient (Wildman–Crippen LogP) is -0.819. The fourth-order valence-electron chi connectivity index (χ4n) is 0.856. The summed E-state index contributed by atoms with van der Waals surface area (Å²) < 4.78 is 1.55. The molecule has 0 spiro atoms. The van der Waals surface area contributed by atoms with E-state index in [4.69, 9.17) is 0 Å². The fourth-order valence-corrected chi connectivity index (χ4v) is 0.856. The SMILES string of the molecule is CNCCCn1cn[nH]c1=O. The first-order chi connectivity index (χ1) is 5.34. The van der Waals surface area contributed by atoms with E-state index in [0.29, 0.717) is 0 Å². The molecule has 0 aromatic carbocycles. The Morgan fingerprint density at radius 3 is 3.18 bits per heavy atom. The first-order valence-electron chi connectivity index (χ1n) is 3.59. The maximum Gasteiger partial charge on any atom is 0.343 e. The first kappa shape index (κ1) is 8.00. The van der Waals surface area contributed by atoms with Crippen molar-refractivity contribution in [3.8, 4) is 0 Å². The van der Waals surface area contributed by atoms with Crippen LogP contribution in [-0.2, 0) is 6.54 Å². The van der Waals surface area contributed by atoms with Gasteiger partial charge in [0.2, 0.25) is 0 Å². The van der Waals surface area contributed by atoms with Crippen LogP contribution >= 0.6 is 0 Å². The van der Waals surface area contributed by atoms with Crippen molar-refractivity contribution in [1.82, 2.24) is 20.1 Å². The van der Waals surface area contributed by atoms with Gasteiger partial charge < -0.3 is 5.32 Å². The number of H-pyrrole nitrogens is 1. The molecule has 0 bridgehead atoms. The smallest absolute Gasteiger partial charge is 0.320 e. The second-order valence-electron chi connectivity index (χ2n) is 2.31. The van der Waals surface area contributed by atoms with Crippen LogP contribution in [0.15, 0.2) is 11.1 Å². The summed E-state index contributed by atoms with van der Waals surface area (Å²) in [5.74, 6) is 0. The number of nitrogens with one attached hydrogen (secondary N) is 2. The van der Waals surface area contributed by atoms with Crippen LogP contribution in [0.5, 0.6) is 0 Å². The Morgan fingerprint density at radius 2 is 2.64 bits per heavy atom. The van der Waals surface area contributed by atoms with Gasteiger partial charge in [-0.25, -0.2) is 9.89 Å². The molecule has 0 fully saturated rings. The number of aryl methyl sites for hydroxylation is 1. The van der Waals surface area contributed by atoms with E-state index < -0.39 is 0 Å². The lowest BCUT2D eigenvalue weighted by Gasteiger charge is -1.97. The number of hydrogen-bond acceptors (Lipinski definition) is 3. The average Bonchev–Trinajstić information content (AvgIpc) is 2.37. The van der Waals surface area contributed by atoms with Crippen molar-refractivity contribution >= 4 is 0 Å². The van der Waals surface area contributed by atoms with Gasteiger partial charge in [0.15, 0.2) is 0 Å². The van der Waals surface area contributed by atoms with Gasteiger partial charge in [-0.05, 0) is 20.0 Å². The van der Waals surface area contributed by atoms with Crippen LogP contribution in [0.25, 0.3) is 0 Å². The molecule has 5 heteroatoms. The van der Waals surface area contributed by atoms with E-state index in [0.717, 1.165) is 19.5 Å². The highest BCUT2D eigenvalue weighted by molar-refractivity contribution is 4.62. The number of nitrogens with zero attached hydrogens (tertiary/aromatic N) is 2. The number of rotatable bonds is 4. The first-order valence-corrected chi connectivity index (χ1v) is 3.59. The molecular weight excluding hydrogens is 144 g/mol. The summed E-state index contributed by atoms with van der Waals surface area (Å²) in [5, 5.41) is 8.94. The largest absolute Gasteiger partial charge is 0.343 e. The van der Waals surface area contributed by atoms with Crippen molar-refractivity contribution < 1.29 is 0 Å². The molecule has 0 aliphatic heterocycles. The molecule has 1 aromatic rings. The maximum absolute atomic E-state index is 10.8. The van der Waals surface area contributed by atoms with Crippen LogP contribution in [0.2, 0.25) is 0 Å². The van der Waals surface area contributed by atoms with E-state index in [2.05, 4.69) is 15.5 Å². The highest BCUT2D eigenvalue weighted by Gasteiger charge is 1.94. The van der Waals surface area contributed by atoms with Crippen molar-refractivity contribution in [3.63, 3.8) is 0 Å². The van der Waals surface area contributed by atoms with Gasteiger partial charge in [0.25, 0.3) is 0 Å².